The summed E-state index contributed by atoms with van der Waals surface area (Å²) in [5, 5.41) is 4.38. The van der Waals surface area contributed by atoms with Gasteiger partial charge < -0.3 is 14.5 Å². The van der Waals surface area contributed by atoms with Crippen LogP contribution in [0, 0.1) is 0 Å². The van der Waals surface area contributed by atoms with E-state index in [0.717, 1.165) is 50.0 Å². The molecule has 4 heteroatoms. The first-order valence-corrected chi connectivity index (χ1v) is 6.46. The van der Waals surface area contributed by atoms with Gasteiger partial charge in [0.15, 0.2) is 11.6 Å². The molecule has 18 heavy (non-hydrogen) atoms. The lowest BCUT2D eigenvalue weighted by atomic mass is 10.2. The standard InChI is InChI=1S/C14H18N3O/c1-3-17-11(2)18-14-12(5-4-6-13(14)17)16-9-7-15-8-10-16/h4-6H,2-3,7-10H2,1H3. The van der Waals surface area contributed by atoms with Crippen LogP contribution in [0.5, 0.6) is 5.75 Å². The monoisotopic (exact) mass is 244 g/mol. The maximum absolute atomic E-state index is 5.85. The number of hydrogen-bond acceptors (Lipinski definition) is 3. The van der Waals surface area contributed by atoms with E-state index < -0.39 is 0 Å². The third kappa shape index (κ3) is 1.73. The summed E-state index contributed by atoms with van der Waals surface area (Å²) in [6.45, 7) is 10.7. The Bertz CT molecular complexity index is 466. The third-order valence-electron chi connectivity index (χ3n) is 3.50. The summed E-state index contributed by atoms with van der Waals surface area (Å²) in [6.07, 6.45) is 0. The fraction of sp³-hybridized carbons (Fsp3) is 0.429. The summed E-state index contributed by atoms with van der Waals surface area (Å²) in [5.74, 6) is 1.67. The van der Waals surface area contributed by atoms with E-state index in [1.807, 2.05) is 0 Å². The molecule has 4 nitrogen and oxygen atoms in total. The van der Waals surface area contributed by atoms with E-state index in [9.17, 15) is 0 Å². The summed E-state index contributed by atoms with van der Waals surface area (Å²) in [6, 6.07) is 6.30. The summed E-state index contributed by atoms with van der Waals surface area (Å²) < 4.78 is 5.85. The van der Waals surface area contributed by atoms with Crippen molar-refractivity contribution in [3.8, 4) is 5.75 Å². The van der Waals surface area contributed by atoms with Gasteiger partial charge in [0.25, 0.3) is 0 Å². The second kappa shape index (κ2) is 4.53. The molecule has 1 aromatic rings. The fourth-order valence-corrected chi connectivity index (χ4v) is 2.58. The predicted molar refractivity (Wildman–Crippen MR) is 73.3 cm³/mol. The van der Waals surface area contributed by atoms with Crippen LogP contribution in [0.3, 0.4) is 0 Å². The molecule has 0 spiro atoms. The Balaban J connectivity index is 1.98. The molecule has 95 valence electrons. The molecule has 0 unspecified atom stereocenters. The summed E-state index contributed by atoms with van der Waals surface area (Å²) in [7, 11) is 0. The second-order valence-corrected chi connectivity index (χ2v) is 4.52. The van der Waals surface area contributed by atoms with Crippen molar-refractivity contribution in [2.45, 2.75) is 6.92 Å². The highest BCUT2D eigenvalue weighted by atomic mass is 16.5. The van der Waals surface area contributed by atoms with Crippen LogP contribution in [0.1, 0.15) is 6.92 Å². The SMILES string of the molecule is C=C1Oc2c(N3CC[N]CC3)cccc2N1CC. The van der Waals surface area contributed by atoms with Crippen LogP contribution in [-0.2, 0) is 0 Å². The number of hydrogen-bond donors (Lipinski definition) is 0. The number of para-hydroxylation sites is 1. The van der Waals surface area contributed by atoms with Crippen LogP contribution in [0.25, 0.3) is 0 Å². The van der Waals surface area contributed by atoms with Gasteiger partial charge in [-0.1, -0.05) is 6.07 Å². The Morgan fingerprint density at radius 1 is 1.28 bits per heavy atom. The molecule has 3 rings (SSSR count). The maximum Gasteiger partial charge on any atom is 0.193 e. The van der Waals surface area contributed by atoms with Crippen LogP contribution >= 0.6 is 0 Å². The molecule has 0 aromatic heterocycles. The van der Waals surface area contributed by atoms with Gasteiger partial charge in [-0.2, -0.15) is 0 Å². The zero-order valence-electron chi connectivity index (χ0n) is 10.7. The minimum atomic E-state index is 0.724. The Hall–Kier alpha value is -1.68. The summed E-state index contributed by atoms with van der Waals surface area (Å²) >= 11 is 0. The molecule has 0 atom stereocenters. The van der Waals surface area contributed by atoms with Crippen molar-refractivity contribution in [3.05, 3.63) is 30.7 Å². The van der Waals surface area contributed by atoms with Crippen molar-refractivity contribution in [3.63, 3.8) is 0 Å². The van der Waals surface area contributed by atoms with Crippen molar-refractivity contribution in [1.82, 2.24) is 5.32 Å². The highest BCUT2D eigenvalue weighted by Gasteiger charge is 2.28. The van der Waals surface area contributed by atoms with Crippen LogP contribution < -0.4 is 19.9 Å². The fourth-order valence-electron chi connectivity index (χ4n) is 2.58. The van der Waals surface area contributed by atoms with Crippen molar-refractivity contribution in [2.75, 3.05) is 42.5 Å². The Labute approximate surface area is 108 Å². The van der Waals surface area contributed by atoms with Gasteiger partial charge in [0, 0.05) is 32.7 Å². The number of fused-ring (bicyclic) bond motifs is 1. The van der Waals surface area contributed by atoms with Crippen molar-refractivity contribution in [1.29, 1.82) is 0 Å². The molecule has 1 aromatic carbocycles. The lowest BCUT2D eigenvalue weighted by Crippen LogP contribution is -2.40. The lowest BCUT2D eigenvalue weighted by Gasteiger charge is -2.29. The topological polar surface area (TPSA) is 29.8 Å². The number of nitrogens with zero attached hydrogens (tertiary/aromatic N) is 3. The van der Waals surface area contributed by atoms with Gasteiger partial charge >= 0.3 is 0 Å². The zero-order valence-corrected chi connectivity index (χ0v) is 10.7. The van der Waals surface area contributed by atoms with Gasteiger partial charge in [-0.05, 0) is 25.6 Å². The molecule has 1 radical (unpaired) electrons. The van der Waals surface area contributed by atoms with Crippen LogP contribution in [0.4, 0.5) is 11.4 Å². The first-order valence-electron chi connectivity index (χ1n) is 6.46. The minimum Gasteiger partial charge on any atom is -0.437 e. The maximum atomic E-state index is 5.85. The third-order valence-corrected chi connectivity index (χ3v) is 3.50. The first kappa shape index (κ1) is 11.4. The van der Waals surface area contributed by atoms with Crippen molar-refractivity contribution < 1.29 is 4.74 Å². The largest absolute Gasteiger partial charge is 0.437 e. The Kier molecular flexibility index (Phi) is 2.88. The molecule has 0 saturated carbocycles. The highest BCUT2D eigenvalue weighted by molar-refractivity contribution is 5.77. The smallest absolute Gasteiger partial charge is 0.193 e. The molecule has 0 N–H and O–H groups in total. The van der Waals surface area contributed by atoms with Crippen molar-refractivity contribution >= 4 is 11.4 Å². The van der Waals surface area contributed by atoms with Gasteiger partial charge in [-0.25, -0.2) is 5.32 Å². The number of benzene rings is 1. The first-order chi connectivity index (χ1) is 8.81. The van der Waals surface area contributed by atoms with Gasteiger partial charge in [-0.15, -0.1) is 0 Å². The van der Waals surface area contributed by atoms with Crippen LogP contribution in [-0.4, -0.2) is 32.7 Å². The number of piperazine rings is 1. The highest BCUT2D eigenvalue weighted by Crippen LogP contribution is 2.45. The molecule has 1 saturated heterocycles. The molecule has 0 bridgehead atoms. The van der Waals surface area contributed by atoms with Gasteiger partial charge in [0.1, 0.15) is 0 Å². The molecule has 0 aliphatic carbocycles. The zero-order chi connectivity index (χ0) is 12.5. The van der Waals surface area contributed by atoms with E-state index in [1.165, 1.54) is 5.69 Å². The molecule has 0 amide bonds. The average Bonchev–Trinajstić information content (AvgIpc) is 2.74. The van der Waals surface area contributed by atoms with Crippen LogP contribution in [0.15, 0.2) is 30.7 Å². The van der Waals surface area contributed by atoms with E-state index in [1.54, 1.807) is 0 Å². The molecule has 1 fully saturated rings. The Morgan fingerprint density at radius 3 is 2.72 bits per heavy atom. The number of ether oxygens (including phenoxy) is 1. The molecular formula is C14H18N3O. The van der Waals surface area contributed by atoms with Crippen molar-refractivity contribution in [2.24, 2.45) is 0 Å². The van der Waals surface area contributed by atoms with E-state index in [4.69, 9.17) is 4.74 Å². The lowest BCUT2D eigenvalue weighted by molar-refractivity contribution is 0.440. The molecule has 2 aliphatic rings. The molecule has 2 heterocycles. The predicted octanol–water partition coefficient (Wildman–Crippen LogP) is 1.80. The average molecular weight is 244 g/mol. The number of anilines is 2. The van der Waals surface area contributed by atoms with E-state index in [-0.39, 0.29) is 0 Å². The van der Waals surface area contributed by atoms with E-state index >= 15 is 0 Å². The molecule has 2 aliphatic heterocycles. The quantitative estimate of drug-likeness (QED) is 0.794. The van der Waals surface area contributed by atoms with E-state index in [0.29, 0.717) is 0 Å². The van der Waals surface area contributed by atoms with Crippen LogP contribution in [0.2, 0.25) is 0 Å². The van der Waals surface area contributed by atoms with Gasteiger partial charge in [0.05, 0.1) is 11.4 Å². The summed E-state index contributed by atoms with van der Waals surface area (Å²) in [4.78, 5) is 4.45. The summed E-state index contributed by atoms with van der Waals surface area (Å²) in [5.41, 5.74) is 2.29. The van der Waals surface area contributed by atoms with E-state index in [2.05, 4.69) is 46.8 Å². The normalized spacial score (nSPS) is 18.8. The second-order valence-electron chi connectivity index (χ2n) is 4.52. The van der Waals surface area contributed by atoms with Gasteiger partial charge in [-0.3, -0.25) is 0 Å². The molecular weight excluding hydrogens is 226 g/mol. The number of rotatable bonds is 2. The Morgan fingerprint density at radius 2 is 2.00 bits per heavy atom. The van der Waals surface area contributed by atoms with Gasteiger partial charge in [0.2, 0.25) is 0 Å². The minimum absolute atomic E-state index is 0.724.